The quantitative estimate of drug-likeness (QED) is 0.506. The van der Waals surface area contributed by atoms with Crippen LogP contribution < -0.4 is 10.6 Å². The molecule has 0 atom stereocenters. The minimum Gasteiger partial charge on any atom is -0.444 e. The molecule has 2 aromatic carbocycles. The summed E-state index contributed by atoms with van der Waals surface area (Å²) in [6.45, 7) is 6.80. The van der Waals surface area contributed by atoms with Crippen molar-refractivity contribution < 1.29 is 27.5 Å². The summed E-state index contributed by atoms with van der Waals surface area (Å²) in [4.78, 5) is 29.0. The fraction of sp³-hybridized carbons (Fsp3) is 0.261. The van der Waals surface area contributed by atoms with Crippen molar-refractivity contribution in [2.75, 3.05) is 10.6 Å². The molecule has 2 amide bonds. The Morgan fingerprint density at radius 1 is 0.938 bits per heavy atom. The Bertz CT molecular complexity index is 1180. The minimum atomic E-state index is -4.71. The molecule has 0 spiro atoms. The van der Waals surface area contributed by atoms with Gasteiger partial charge in [-0.25, -0.2) is 4.79 Å². The molecule has 3 rings (SSSR count). The van der Waals surface area contributed by atoms with Crippen LogP contribution in [0.3, 0.4) is 0 Å². The van der Waals surface area contributed by atoms with E-state index in [1.165, 1.54) is 6.07 Å². The van der Waals surface area contributed by atoms with Gasteiger partial charge in [0, 0.05) is 22.3 Å². The van der Waals surface area contributed by atoms with Crippen LogP contribution in [0.4, 0.5) is 29.3 Å². The second-order valence-corrected chi connectivity index (χ2v) is 8.20. The van der Waals surface area contributed by atoms with Gasteiger partial charge in [-0.05, 0) is 70.2 Å². The van der Waals surface area contributed by atoms with E-state index in [0.29, 0.717) is 10.9 Å². The van der Waals surface area contributed by atoms with Crippen LogP contribution in [0, 0.1) is 6.92 Å². The summed E-state index contributed by atoms with van der Waals surface area (Å²) in [7, 11) is 0. The van der Waals surface area contributed by atoms with E-state index in [0.717, 1.165) is 23.9 Å². The maximum atomic E-state index is 13.5. The third-order valence-corrected chi connectivity index (χ3v) is 4.31. The maximum absolute atomic E-state index is 13.5. The first kappa shape index (κ1) is 23.1. The van der Waals surface area contributed by atoms with Crippen molar-refractivity contribution in [1.82, 2.24) is 4.98 Å². The first-order chi connectivity index (χ1) is 14.8. The fourth-order valence-corrected chi connectivity index (χ4v) is 2.96. The molecule has 0 saturated heterocycles. The van der Waals surface area contributed by atoms with E-state index in [1.807, 2.05) is 6.92 Å². The Kier molecular flexibility index (Phi) is 6.11. The molecule has 6 nitrogen and oxygen atoms in total. The van der Waals surface area contributed by atoms with Gasteiger partial charge in [0.25, 0.3) is 5.91 Å². The number of ether oxygens (including phenoxy) is 1. The number of benzene rings is 2. The SMILES string of the molecule is Cc1ccc2cc(C(=O)Nc3cc(NC(=O)OC(C)(C)C)ccc3C(F)(F)F)ccc2n1. The summed E-state index contributed by atoms with van der Waals surface area (Å²) in [5, 5.41) is 5.35. The van der Waals surface area contributed by atoms with Crippen LogP contribution in [0.2, 0.25) is 0 Å². The number of hydrogen-bond acceptors (Lipinski definition) is 4. The third-order valence-electron chi connectivity index (χ3n) is 4.31. The standard InChI is InChI=1S/C23H22F3N3O3/c1-13-5-6-14-11-15(7-10-18(14)27-13)20(30)29-19-12-16(8-9-17(19)23(24,25)26)28-21(31)32-22(2,3)4/h5-12H,1-4H3,(H,28,31)(H,29,30). The summed E-state index contributed by atoms with van der Waals surface area (Å²) in [5.74, 6) is -0.729. The Hall–Kier alpha value is -3.62. The Morgan fingerprint density at radius 3 is 2.31 bits per heavy atom. The summed E-state index contributed by atoms with van der Waals surface area (Å²) >= 11 is 0. The lowest BCUT2D eigenvalue weighted by Gasteiger charge is -2.20. The highest BCUT2D eigenvalue weighted by molar-refractivity contribution is 6.07. The molecular weight excluding hydrogens is 423 g/mol. The predicted octanol–water partition coefficient (Wildman–Crippen LogP) is 6.16. The number of nitrogens with zero attached hydrogens (tertiary/aromatic N) is 1. The van der Waals surface area contributed by atoms with Crippen molar-refractivity contribution in [1.29, 1.82) is 0 Å². The second kappa shape index (κ2) is 8.49. The van der Waals surface area contributed by atoms with Crippen molar-refractivity contribution in [2.24, 2.45) is 0 Å². The van der Waals surface area contributed by atoms with Gasteiger partial charge in [0.05, 0.1) is 16.8 Å². The number of halogens is 3. The monoisotopic (exact) mass is 445 g/mol. The average Bonchev–Trinajstić information content (AvgIpc) is 2.65. The molecule has 1 aromatic heterocycles. The summed E-state index contributed by atoms with van der Waals surface area (Å²) in [6.07, 6.45) is -5.54. The lowest BCUT2D eigenvalue weighted by Crippen LogP contribution is -2.27. The number of carbonyl (C=O) groups is 2. The van der Waals surface area contributed by atoms with E-state index < -0.39 is 35.0 Å². The average molecular weight is 445 g/mol. The molecule has 0 aliphatic heterocycles. The lowest BCUT2D eigenvalue weighted by molar-refractivity contribution is -0.136. The van der Waals surface area contributed by atoms with Crippen LogP contribution in [0.25, 0.3) is 10.9 Å². The van der Waals surface area contributed by atoms with Crippen LogP contribution in [-0.2, 0) is 10.9 Å². The molecule has 0 bridgehead atoms. The lowest BCUT2D eigenvalue weighted by atomic mass is 10.1. The van der Waals surface area contributed by atoms with Crippen LogP contribution in [-0.4, -0.2) is 22.6 Å². The third kappa shape index (κ3) is 5.75. The van der Waals surface area contributed by atoms with E-state index in [9.17, 15) is 22.8 Å². The van der Waals surface area contributed by atoms with Crippen LogP contribution >= 0.6 is 0 Å². The number of fused-ring (bicyclic) bond motifs is 1. The number of rotatable bonds is 3. The van der Waals surface area contributed by atoms with E-state index in [2.05, 4.69) is 15.6 Å². The number of alkyl halides is 3. The highest BCUT2D eigenvalue weighted by Gasteiger charge is 2.34. The normalized spacial score (nSPS) is 11.8. The molecule has 0 unspecified atom stereocenters. The highest BCUT2D eigenvalue weighted by Crippen LogP contribution is 2.36. The number of carbonyl (C=O) groups excluding carboxylic acids is 2. The largest absolute Gasteiger partial charge is 0.444 e. The van der Waals surface area contributed by atoms with Gasteiger partial charge in [-0.15, -0.1) is 0 Å². The van der Waals surface area contributed by atoms with Crippen molar-refractivity contribution in [3.63, 3.8) is 0 Å². The second-order valence-electron chi connectivity index (χ2n) is 8.20. The van der Waals surface area contributed by atoms with E-state index >= 15 is 0 Å². The van der Waals surface area contributed by atoms with Gasteiger partial charge >= 0.3 is 12.3 Å². The zero-order valence-electron chi connectivity index (χ0n) is 17.9. The predicted molar refractivity (Wildman–Crippen MR) is 116 cm³/mol. The molecule has 0 aliphatic carbocycles. The van der Waals surface area contributed by atoms with E-state index in [-0.39, 0.29) is 11.3 Å². The highest BCUT2D eigenvalue weighted by atomic mass is 19.4. The number of amides is 2. The van der Waals surface area contributed by atoms with E-state index in [1.54, 1.807) is 45.0 Å². The first-order valence-corrected chi connectivity index (χ1v) is 9.72. The summed E-state index contributed by atoms with van der Waals surface area (Å²) < 4.78 is 45.6. The van der Waals surface area contributed by atoms with Crippen molar-refractivity contribution in [3.05, 3.63) is 65.4 Å². The van der Waals surface area contributed by atoms with Crippen LogP contribution in [0.1, 0.15) is 42.4 Å². The van der Waals surface area contributed by atoms with Crippen molar-refractivity contribution >= 4 is 34.3 Å². The minimum absolute atomic E-state index is 0.0423. The van der Waals surface area contributed by atoms with Gasteiger partial charge in [-0.3, -0.25) is 15.1 Å². The molecule has 3 aromatic rings. The number of aryl methyl sites for hydroxylation is 1. The van der Waals surface area contributed by atoms with Gasteiger partial charge in [0.1, 0.15) is 5.60 Å². The Balaban J connectivity index is 1.89. The summed E-state index contributed by atoms with van der Waals surface area (Å²) in [5.41, 5.74) is -0.629. The number of nitrogens with one attached hydrogen (secondary N) is 2. The van der Waals surface area contributed by atoms with Crippen LogP contribution in [0.15, 0.2) is 48.5 Å². The Labute approximate surface area is 182 Å². The number of hydrogen-bond donors (Lipinski definition) is 2. The molecule has 2 N–H and O–H groups in total. The Morgan fingerprint density at radius 2 is 1.66 bits per heavy atom. The van der Waals surface area contributed by atoms with Gasteiger partial charge < -0.3 is 10.1 Å². The maximum Gasteiger partial charge on any atom is 0.418 e. The first-order valence-electron chi connectivity index (χ1n) is 9.72. The molecule has 32 heavy (non-hydrogen) atoms. The smallest absolute Gasteiger partial charge is 0.418 e. The summed E-state index contributed by atoms with van der Waals surface area (Å²) in [6, 6.07) is 11.1. The number of anilines is 2. The van der Waals surface area contributed by atoms with Crippen molar-refractivity contribution in [3.8, 4) is 0 Å². The molecule has 168 valence electrons. The topological polar surface area (TPSA) is 80.3 Å². The zero-order chi connectivity index (χ0) is 23.7. The van der Waals surface area contributed by atoms with Gasteiger partial charge in [-0.1, -0.05) is 6.07 Å². The molecule has 0 saturated carbocycles. The molecular formula is C23H22F3N3O3. The molecule has 0 radical (unpaired) electrons. The number of pyridine rings is 1. The van der Waals surface area contributed by atoms with Crippen molar-refractivity contribution in [2.45, 2.75) is 39.5 Å². The molecule has 9 heteroatoms. The van der Waals surface area contributed by atoms with Gasteiger partial charge in [0.2, 0.25) is 0 Å². The fourth-order valence-electron chi connectivity index (χ4n) is 2.96. The van der Waals surface area contributed by atoms with Gasteiger partial charge in [0.15, 0.2) is 0 Å². The zero-order valence-corrected chi connectivity index (χ0v) is 17.9. The molecule has 0 aliphatic rings. The van der Waals surface area contributed by atoms with Crippen LogP contribution in [0.5, 0.6) is 0 Å². The number of aromatic nitrogens is 1. The van der Waals surface area contributed by atoms with E-state index in [4.69, 9.17) is 4.74 Å². The van der Waals surface area contributed by atoms with Gasteiger partial charge in [-0.2, -0.15) is 13.2 Å². The molecule has 1 heterocycles. The molecule has 0 fully saturated rings.